The summed E-state index contributed by atoms with van der Waals surface area (Å²) in [4.78, 5) is 4.34. The third kappa shape index (κ3) is 2.41. The number of hydrogen-bond donors (Lipinski definition) is 0. The van der Waals surface area contributed by atoms with E-state index in [9.17, 15) is 0 Å². The van der Waals surface area contributed by atoms with Crippen molar-refractivity contribution in [3.8, 4) is 0 Å². The van der Waals surface area contributed by atoms with Gasteiger partial charge in [0.25, 0.3) is 0 Å². The van der Waals surface area contributed by atoms with E-state index in [-0.39, 0.29) is 0 Å². The molecule has 0 radical (unpaired) electrons. The summed E-state index contributed by atoms with van der Waals surface area (Å²) < 4.78 is 0. The van der Waals surface area contributed by atoms with Crippen molar-refractivity contribution >= 4 is 10.9 Å². The summed E-state index contributed by atoms with van der Waals surface area (Å²) in [5, 5.41) is 1.26. The van der Waals surface area contributed by atoms with Gasteiger partial charge in [-0.1, -0.05) is 38.8 Å². The van der Waals surface area contributed by atoms with Gasteiger partial charge in [-0.2, -0.15) is 0 Å². The zero-order valence-electron chi connectivity index (χ0n) is 10.1. The first-order valence-corrected chi connectivity index (χ1v) is 6.17. The quantitative estimate of drug-likeness (QED) is 0.741. The molecule has 1 aromatic carbocycles. The monoisotopic (exact) mass is 213 g/mol. The second kappa shape index (κ2) is 5.11. The molecule has 16 heavy (non-hydrogen) atoms. The third-order valence-electron chi connectivity index (χ3n) is 3.35. The fourth-order valence-electron chi connectivity index (χ4n) is 2.16. The summed E-state index contributed by atoms with van der Waals surface area (Å²) in [6.45, 7) is 4.55. The molecular formula is C15H19N. The smallest absolute Gasteiger partial charge is 0.0702 e. The molecule has 0 saturated carbocycles. The van der Waals surface area contributed by atoms with E-state index in [1.807, 2.05) is 12.3 Å². The Hall–Kier alpha value is -1.37. The van der Waals surface area contributed by atoms with Crippen molar-refractivity contribution in [1.29, 1.82) is 0 Å². The average Bonchev–Trinajstić information content (AvgIpc) is 2.35. The van der Waals surface area contributed by atoms with Crippen molar-refractivity contribution in [2.24, 2.45) is 5.92 Å². The van der Waals surface area contributed by atoms with Crippen LogP contribution < -0.4 is 0 Å². The molecule has 0 aliphatic rings. The van der Waals surface area contributed by atoms with Crippen molar-refractivity contribution in [2.75, 3.05) is 0 Å². The normalized spacial score (nSPS) is 11.2. The van der Waals surface area contributed by atoms with Crippen molar-refractivity contribution in [3.63, 3.8) is 0 Å². The third-order valence-corrected chi connectivity index (χ3v) is 3.35. The lowest BCUT2D eigenvalue weighted by Crippen LogP contribution is -2.01. The minimum atomic E-state index is 0.814. The summed E-state index contributed by atoms with van der Waals surface area (Å²) in [6, 6.07) is 10.8. The molecule has 0 bridgehead atoms. The average molecular weight is 213 g/mol. The zero-order chi connectivity index (χ0) is 11.4. The molecule has 1 heteroatoms. The van der Waals surface area contributed by atoms with E-state index in [2.05, 4.69) is 43.1 Å². The van der Waals surface area contributed by atoms with Crippen LogP contribution in [0.3, 0.4) is 0 Å². The van der Waals surface area contributed by atoms with Crippen LogP contribution in [0.5, 0.6) is 0 Å². The number of aromatic nitrogens is 1. The standard InChI is InChI=1S/C15H19N/c1-3-12(4-2)10-13-7-8-15-14(11-13)6-5-9-16-15/h5-9,11-12H,3-4,10H2,1-2H3. The van der Waals surface area contributed by atoms with Gasteiger partial charge >= 0.3 is 0 Å². The maximum absolute atomic E-state index is 4.34. The Morgan fingerprint density at radius 3 is 2.69 bits per heavy atom. The fourth-order valence-corrected chi connectivity index (χ4v) is 2.16. The Morgan fingerprint density at radius 2 is 1.94 bits per heavy atom. The molecule has 84 valence electrons. The van der Waals surface area contributed by atoms with Gasteiger partial charge < -0.3 is 0 Å². The van der Waals surface area contributed by atoms with Gasteiger partial charge in [-0.15, -0.1) is 0 Å². The maximum atomic E-state index is 4.34. The van der Waals surface area contributed by atoms with Crippen LogP contribution in [0.2, 0.25) is 0 Å². The van der Waals surface area contributed by atoms with E-state index < -0.39 is 0 Å². The molecule has 0 aliphatic carbocycles. The van der Waals surface area contributed by atoms with Crippen LogP contribution in [-0.2, 0) is 6.42 Å². The molecule has 0 fully saturated rings. The fraction of sp³-hybridized carbons (Fsp3) is 0.400. The van der Waals surface area contributed by atoms with Crippen LogP contribution in [-0.4, -0.2) is 4.98 Å². The van der Waals surface area contributed by atoms with Gasteiger partial charge in [0, 0.05) is 11.6 Å². The largest absolute Gasteiger partial charge is 0.256 e. The summed E-state index contributed by atoms with van der Waals surface area (Å²) in [5.41, 5.74) is 2.53. The molecule has 0 unspecified atom stereocenters. The van der Waals surface area contributed by atoms with Crippen LogP contribution in [0.15, 0.2) is 36.5 Å². The molecule has 2 aromatic rings. The lowest BCUT2D eigenvalue weighted by atomic mass is 9.94. The summed E-state index contributed by atoms with van der Waals surface area (Å²) in [7, 11) is 0. The topological polar surface area (TPSA) is 12.9 Å². The summed E-state index contributed by atoms with van der Waals surface area (Å²) in [5.74, 6) is 0.814. The lowest BCUT2D eigenvalue weighted by molar-refractivity contribution is 0.491. The van der Waals surface area contributed by atoms with Gasteiger partial charge in [-0.3, -0.25) is 4.98 Å². The first-order chi connectivity index (χ1) is 7.83. The Labute approximate surface area is 97.5 Å². The minimum absolute atomic E-state index is 0.814. The van der Waals surface area contributed by atoms with Gasteiger partial charge in [-0.05, 0) is 36.1 Å². The van der Waals surface area contributed by atoms with Gasteiger partial charge in [-0.25, -0.2) is 0 Å². The van der Waals surface area contributed by atoms with Crippen LogP contribution in [0, 0.1) is 5.92 Å². The summed E-state index contributed by atoms with van der Waals surface area (Å²) >= 11 is 0. The van der Waals surface area contributed by atoms with Crippen LogP contribution in [0.4, 0.5) is 0 Å². The van der Waals surface area contributed by atoms with Crippen LogP contribution in [0.1, 0.15) is 32.3 Å². The Balaban J connectivity index is 2.25. The van der Waals surface area contributed by atoms with Crippen LogP contribution >= 0.6 is 0 Å². The molecule has 0 amide bonds. The van der Waals surface area contributed by atoms with Crippen molar-refractivity contribution in [3.05, 3.63) is 42.1 Å². The SMILES string of the molecule is CCC(CC)Cc1ccc2ncccc2c1. The first kappa shape index (κ1) is 11.1. The lowest BCUT2D eigenvalue weighted by Gasteiger charge is -2.12. The Morgan fingerprint density at radius 1 is 1.12 bits per heavy atom. The molecule has 0 saturated heterocycles. The molecular weight excluding hydrogens is 194 g/mol. The number of rotatable bonds is 4. The molecule has 0 spiro atoms. The van der Waals surface area contributed by atoms with Crippen molar-refractivity contribution < 1.29 is 0 Å². The number of benzene rings is 1. The molecule has 2 rings (SSSR count). The van der Waals surface area contributed by atoms with Crippen molar-refractivity contribution in [1.82, 2.24) is 4.98 Å². The van der Waals surface area contributed by atoms with E-state index in [0.717, 1.165) is 11.4 Å². The van der Waals surface area contributed by atoms with Gasteiger partial charge in [0.1, 0.15) is 0 Å². The molecule has 1 heterocycles. The zero-order valence-corrected chi connectivity index (χ0v) is 10.1. The van der Waals surface area contributed by atoms with E-state index in [4.69, 9.17) is 0 Å². The maximum Gasteiger partial charge on any atom is 0.0702 e. The molecule has 1 nitrogen and oxygen atoms in total. The first-order valence-electron chi connectivity index (χ1n) is 6.17. The number of pyridine rings is 1. The van der Waals surface area contributed by atoms with E-state index in [1.165, 1.54) is 30.2 Å². The highest BCUT2D eigenvalue weighted by molar-refractivity contribution is 5.78. The Bertz CT molecular complexity index is 458. The van der Waals surface area contributed by atoms with Crippen molar-refractivity contribution in [2.45, 2.75) is 33.1 Å². The molecule has 0 atom stereocenters. The highest BCUT2D eigenvalue weighted by Crippen LogP contribution is 2.19. The predicted octanol–water partition coefficient (Wildman–Crippen LogP) is 4.21. The molecule has 0 aliphatic heterocycles. The van der Waals surface area contributed by atoms with E-state index >= 15 is 0 Å². The van der Waals surface area contributed by atoms with Gasteiger partial charge in [0.05, 0.1) is 5.52 Å². The number of nitrogens with zero attached hydrogens (tertiary/aromatic N) is 1. The minimum Gasteiger partial charge on any atom is -0.256 e. The second-order valence-corrected chi connectivity index (χ2v) is 4.42. The van der Waals surface area contributed by atoms with E-state index in [0.29, 0.717) is 0 Å². The molecule has 1 aromatic heterocycles. The second-order valence-electron chi connectivity index (χ2n) is 4.42. The van der Waals surface area contributed by atoms with Gasteiger partial charge in [0.15, 0.2) is 0 Å². The number of hydrogen-bond acceptors (Lipinski definition) is 1. The Kier molecular flexibility index (Phi) is 3.55. The van der Waals surface area contributed by atoms with Crippen LogP contribution in [0.25, 0.3) is 10.9 Å². The highest BCUT2D eigenvalue weighted by atomic mass is 14.6. The molecule has 0 N–H and O–H groups in total. The predicted molar refractivity (Wildman–Crippen MR) is 69.5 cm³/mol. The van der Waals surface area contributed by atoms with Gasteiger partial charge in [0.2, 0.25) is 0 Å². The number of fused-ring (bicyclic) bond motifs is 1. The van der Waals surface area contributed by atoms with E-state index in [1.54, 1.807) is 0 Å². The highest BCUT2D eigenvalue weighted by Gasteiger charge is 2.05. The summed E-state index contributed by atoms with van der Waals surface area (Å²) in [6.07, 6.45) is 5.57.